The SMILES string of the molecule is c1ccc2c(NCc3ccc4c(c3)OCO4)nc(N3CCCCC3)nc2c1. The number of ether oxygens (including phenoxy) is 2. The van der Waals surface area contributed by atoms with Crippen molar-refractivity contribution in [3.63, 3.8) is 0 Å². The number of nitrogens with one attached hydrogen (secondary N) is 1. The maximum atomic E-state index is 5.48. The van der Waals surface area contributed by atoms with E-state index in [1.165, 1.54) is 19.3 Å². The second kappa shape index (κ2) is 6.95. The van der Waals surface area contributed by atoms with Crippen LogP contribution in [0.3, 0.4) is 0 Å². The topological polar surface area (TPSA) is 59.5 Å². The van der Waals surface area contributed by atoms with Gasteiger partial charge in [0.2, 0.25) is 12.7 Å². The van der Waals surface area contributed by atoms with Gasteiger partial charge in [-0.05, 0) is 49.1 Å². The number of aromatic nitrogens is 2. The van der Waals surface area contributed by atoms with Crippen LogP contribution >= 0.6 is 0 Å². The summed E-state index contributed by atoms with van der Waals surface area (Å²) in [5.74, 6) is 3.30. The summed E-state index contributed by atoms with van der Waals surface area (Å²) in [6, 6.07) is 14.2. The highest BCUT2D eigenvalue weighted by Gasteiger charge is 2.17. The number of hydrogen-bond donors (Lipinski definition) is 1. The summed E-state index contributed by atoms with van der Waals surface area (Å²) in [7, 11) is 0. The van der Waals surface area contributed by atoms with Crippen LogP contribution in [0.4, 0.5) is 11.8 Å². The fourth-order valence-electron chi connectivity index (χ4n) is 3.67. The molecule has 0 unspecified atom stereocenters. The van der Waals surface area contributed by atoms with Crippen molar-refractivity contribution in [3.8, 4) is 11.5 Å². The molecule has 0 saturated carbocycles. The van der Waals surface area contributed by atoms with E-state index in [9.17, 15) is 0 Å². The molecule has 2 aliphatic heterocycles. The molecule has 3 heterocycles. The minimum absolute atomic E-state index is 0.294. The number of hydrogen-bond acceptors (Lipinski definition) is 6. The maximum absolute atomic E-state index is 5.48. The lowest BCUT2D eigenvalue weighted by atomic mass is 10.1. The Morgan fingerprint density at radius 1 is 0.926 bits per heavy atom. The van der Waals surface area contributed by atoms with Crippen LogP contribution in [-0.4, -0.2) is 29.9 Å². The Bertz CT molecular complexity index is 970. The molecule has 3 aromatic rings. The Kier molecular flexibility index (Phi) is 4.16. The fourth-order valence-corrected chi connectivity index (χ4v) is 3.67. The van der Waals surface area contributed by atoms with Crippen LogP contribution in [0.25, 0.3) is 10.9 Å². The van der Waals surface area contributed by atoms with E-state index in [-0.39, 0.29) is 0 Å². The Morgan fingerprint density at radius 3 is 2.70 bits per heavy atom. The van der Waals surface area contributed by atoms with Crippen molar-refractivity contribution >= 4 is 22.7 Å². The lowest BCUT2D eigenvalue weighted by Crippen LogP contribution is -2.31. The summed E-state index contributed by atoms with van der Waals surface area (Å²) in [6.45, 7) is 3.01. The van der Waals surface area contributed by atoms with Crippen LogP contribution in [0.1, 0.15) is 24.8 Å². The van der Waals surface area contributed by atoms with Gasteiger partial charge >= 0.3 is 0 Å². The molecule has 138 valence electrons. The van der Waals surface area contributed by atoms with E-state index >= 15 is 0 Å². The van der Waals surface area contributed by atoms with E-state index < -0.39 is 0 Å². The summed E-state index contributed by atoms with van der Waals surface area (Å²) in [5, 5.41) is 4.54. The molecular formula is C21H22N4O2. The number of anilines is 2. The van der Waals surface area contributed by atoms with Crippen molar-refractivity contribution in [3.05, 3.63) is 48.0 Å². The highest BCUT2D eigenvalue weighted by atomic mass is 16.7. The molecule has 2 aromatic carbocycles. The minimum atomic E-state index is 0.294. The molecule has 0 bridgehead atoms. The summed E-state index contributed by atoms with van der Waals surface area (Å²) >= 11 is 0. The van der Waals surface area contributed by atoms with Gasteiger partial charge in [0.15, 0.2) is 11.5 Å². The molecule has 1 N–H and O–H groups in total. The predicted octanol–water partition coefficient (Wildman–Crippen LogP) is 3.96. The molecule has 0 aliphatic carbocycles. The molecule has 0 radical (unpaired) electrons. The molecule has 27 heavy (non-hydrogen) atoms. The third kappa shape index (κ3) is 3.23. The third-order valence-electron chi connectivity index (χ3n) is 5.13. The molecule has 6 heteroatoms. The normalized spacial score (nSPS) is 15.9. The Balaban J connectivity index is 1.44. The molecule has 5 rings (SSSR count). The van der Waals surface area contributed by atoms with E-state index in [1.807, 2.05) is 24.3 Å². The zero-order valence-electron chi connectivity index (χ0n) is 15.1. The summed E-state index contributed by atoms with van der Waals surface area (Å²) in [6.07, 6.45) is 3.70. The standard InChI is InChI=1S/C21H22N4O2/c1-4-10-25(11-5-1)21-23-17-7-3-2-6-16(17)20(24-21)22-13-15-8-9-18-19(12-15)27-14-26-18/h2-3,6-9,12H,1,4-5,10-11,13-14H2,(H,22,23,24). The third-order valence-corrected chi connectivity index (χ3v) is 5.13. The Morgan fingerprint density at radius 2 is 1.78 bits per heavy atom. The summed E-state index contributed by atoms with van der Waals surface area (Å²) in [4.78, 5) is 12.0. The number of fused-ring (bicyclic) bond motifs is 2. The van der Waals surface area contributed by atoms with Crippen molar-refractivity contribution < 1.29 is 9.47 Å². The monoisotopic (exact) mass is 362 g/mol. The smallest absolute Gasteiger partial charge is 0.231 e. The number of rotatable bonds is 4. The molecular weight excluding hydrogens is 340 g/mol. The first kappa shape index (κ1) is 16.2. The minimum Gasteiger partial charge on any atom is -0.454 e. The van der Waals surface area contributed by atoms with Gasteiger partial charge in [-0.15, -0.1) is 0 Å². The zero-order valence-corrected chi connectivity index (χ0v) is 15.1. The molecule has 1 fully saturated rings. The van der Waals surface area contributed by atoms with Gasteiger partial charge in [0.1, 0.15) is 5.82 Å². The van der Waals surface area contributed by atoms with Gasteiger partial charge < -0.3 is 19.7 Å². The average Bonchev–Trinajstić information content (AvgIpc) is 3.20. The summed E-state index contributed by atoms with van der Waals surface area (Å²) < 4.78 is 10.9. The zero-order chi connectivity index (χ0) is 18.1. The van der Waals surface area contributed by atoms with Gasteiger partial charge in [0.05, 0.1) is 5.52 Å². The van der Waals surface area contributed by atoms with Crippen LogP contribution in [0.5, 0.6) is 11.5 Å². The van der Waals surface area contributed by atoms with Crippen molar-refractivity contribution in [2.45, 2.75) is 25.8 Å². The van der Waals surface area contributed by atoms with Gasteiger partial charge in [-0.2, -0.15) is 4.98 Å². The molecule has 1 saturated heterocycles. The molecule has 2 aliphatic rings. The van der Waals surface area contributed by atoms with Crippen LogP contribution in [-0.2, 0) is 6.54 Å². The van der Waals surface area contributed by atoms with E-state index in [2.05, 4.69) is 28.4 Å². The molecule has 1 aromatic heterocycles. The second-order valence-electron chi connectivity index (χ2n) is 6.98. The van der Waals surface area contributed by atoms with Crippen LogP contribution < -0.4 is 19.7 Å². The van der Waals surface area contributed by atoms with E-state index in [0.717, 1.165) is 52.8 Å². The van der Waals surface area contributed by atoms with Gasteiger partial charge in [0.25, 0.3) is 0 Å². The van der Waals surface area contributed by atoms with Gasteiger partial charge in [-0.25, -0.2) is 4.98 Å². The van der Waals surface area contributed by atoms with Gasteiger partial charge in [-0.1, -0.05) is 18.2 Å². The first-order valence-corrected chi connectivity index (χ1v) is 9.51. The van der Waals surface area contributed by atoms with E-state index in [1.54, 1.807) is 0 Å². The maximum Gasteiger partial charge on any atom is 0.231 e. The lowest BCUT2D eigenvalue weighted by Gasteiger charge is -2.27. The number of piperidine rings is 1. The highest BCUT2D eigenvalue weighted by Crippen LogP contribution is 2.33. The number of benzene rings is 2. The van der Waals surface area contributed by atoms with Crippen LogP contribution in [0.2, 0.25) is 0 Å². The fraction of sp³-hybridized carbons (Fsp3) is 0.333. The Hall–Kier alpha value is -3.02. The molecule has 6 nitrogen and oxygen atoms in total. The molecule has 0 atom stereocenters. The number of nitrogens with zero attached hydrogens (tertiary/aromatic N) is 3. The highest BCUT2D eigenvalue weighted by molar-refractivity contribution is 5.90. The van der Waals surface area contributed by atoms with Crippen molar-refractivity contribution in [2.75, 3.05) is 30.1 Å². The molecule has 0 amide bonds. The Labute approximate surface area is 158 Å². The number of para-hydroxylation sites is 1. The van der Waals surface area contributed by atoms with Crippen LogP contribution in [0, 0.1) is 0 Å². The van der Waals surface area contributed by atoms with Crippen LogP contribution in [0.15, 0.2) is 42.5 Å². The quantitative estimate of drug-likeness (QED) is 0.758. The average molecular weight is 362 g/mol. The van der Waals surface area contributed by atoms with Gasteiger partial charge in [-0.3, -0.25) is 0 Å². The second-order valence-corrected chi connectivity index (χ2v) is 6.98. The lowest BCUT2D eigenvalue weighted by molar-refractivity contribution is 0.174. The van der Waals surface area contributed by atoms with Crippen molar-refractivity contribution in [1.82, 2.24) is 9.97 Å². The van der Waals surface area contributed by atoms with Crippen molar-refractivity contribution in [1.29, 1.82) is 0 Å². The van der Waals surface area contributed by atoms with Crippen molar-refractivity contribution in [2.24, 2.45) is 0 Å². The largest absolute Gasteiger partial charge is 0.454 e. The first-order valence-electron chi connectivity index (χ1n) is 9.51. The molecule has 0 spiro atoms. The van der Waals surface area contributed by atoms with Gasteiger partial charge in [0, 0.05) is 25.0 Å². The summed E-state index contributed by atoms with van der Waals surface area (Å²) in [5.41, 5.74) is 2.10. The van der Waals surface area contributed by atoms with E-state index in [0.29, 0.717) is 13.3 Å². The van der Waals surface area contributed by atoms with E-state index in [4.69, 9.17) is 19.4 Å². The predicted molar refractivity (Wildman–Crippen MR) is 105 cm³/mol. The first-order chi connectivity index (χ1) is 13.4.